The highest BCUT2D eigenvalue weighted by Gasteiger charge is 2.33. The van der Waals surface area contributed by atoms with Gasteiger partial charge in [-0.15, -0.1) is 5.10 Å². The number of H-pyrrole nitrogens is 1. The Morgan fingerprint density at radius 3 is 2.86 bits per heavy atom. The zero-order valence-corrected chi connectivity index (χ0v) is 20.7. The molecule has 5 rings (SSSR count). The van der Waals surface area contributed by atoms with Crippen LogP contribution in [0.4, 0.5) is 0 Å². The Morgan fingerprint density at radius 1 is 1.25 bits per heavy atom. The normalized spacial score (nSPS) is 17.3. The standard InChI is InChI=1S/C25H30N10O/c1-4-6-21-15-33(23-27-17-28-35(23)14-18(2)3)24(36)34(21)16-25(9-11-26-12-10-25)20-8-5-7-19(13-20)22-29-31-32-30-22/h5,7-9,11-13,15,17-18H,4,6,10,14,16H2,1-3H3,(H,29,30,31,32). The molecule has 4 heterocycles. The van der Waals surface area contributed by atoms with Gasteiger partial charge in [-0.1, -0.05) is 51.5 Å². The first-order valence-corrected chi connectivity index (χ1v) is 12.2. The highest BCUT2D eigenvalue weighted by Crippen LogP contribution is 2.35. The molecular formula is C25H30N10O. The molecule has 1 N–H and O–H groups in total. The maximum Gasteiger partial charge on any atom is 0.335 e. The van der Waals surface area contributed by atoms with Crippen LogP contribution in [0.3, 0.4) is 0 Å². The third-order valence-electron chi connectivity index (χ3n) is 6.45. The molecule has 0 amide bonds. The minimum Gasteiger partial charge on any atom is -0.295 e. The molecule has 4 aromatic rings. The number of hydrogen-bond acceptors (Lipinski definition) is 7. The third-order valence-corrected chi connectivity index (χ3v) is 6.45. The molecule has 1 unspecified atom stereocenters. The number of imidazole rings is 1. The molecule has 186 valence electrons. The van der Waals surface area contributed by atoms with Gasteiger partial charge in [0.1, 0.15) is 6.33 Å². The molecule has 0 radical (unpaired) electrons. The fraction of sp³-hybridized carbons (Fsp3) is 0.400. The zero-order chi connectivity index (χ0) is 25.1. The smallest absolute Gasteiger partial charge is 0.295 e. The highest BCUT2D eigenvalue weighted by atomic mass is 16.2. The van der Waals surface area contributed by atoms with E-state index in [-0.39, 0.29) is 5.69 Å². The van der Waals surface area contributed by atoms with Crippen molar-refractivity contribution in [2.75, 3.05) is 0 Å². The van der Waals surface area contributed by atoms with E-state index in [4.69, 9.17) is 0 Å². The van der Waals surface area contributed by atoms with Gasteiger partial charge >= 0.3 is 5.69 Å². The number of benzene rings is 1. The Kier molecular flexibility index (Phi) is 6.45. The maximum absolute atomic E-state index is 13.9. The molecule has 1 aliphatic rings. The van der Waals surface area contributed by atoms with Gasteiger partial charge in [-0.25, -0.2) is 19.1 Å². The molecule has 0 saturated carbocycles. The lowest BCUT2D eigenvalue weighted by Crippen LogP contribution is -2.37. The summed E-state index contributed by atoms with van der Waals surface area (Å²) >= 11 is 0. The Labute approximate surface area is 208 Å². The second kappa shape index (κ2) is 9.84. The Morgan fingerprint density at radius 2 is 2.14 bits per heavy atom. The van der Waals surface area contributed by atoms with Gasteiger partial charge in [-0.05, 0) is 40.8 Å². The van der Waals surface area contributed by atoms with Crippen LogP contribution < -0.4 is 5.69 Å². The number of allylic oxidation sites excluding steroid dienone is 1. The minimum atomic E-state index is -0.463. The van der Waals surface area contributed by atoms with Crippen molar-refractivity contribution in [3.8, 4) is 17.3 Å². The van der Waals surface area contributed by atoms with E-state index in [2.05, 4.69) is 74.7 Å². The molecular weight excluding hydrogens is 456 g/mol. The van der Waals surface area contributed by atoms with Crippen LogP contribution in [-0.4, -0.2) is 50.7 Å². The summed E-state index contributed by atoms with van der Waals surface area (Å²) in [5.41, 5.74) is 2.32. The van der Waals surface area contributed by atoms with E-state index in [0.29, 0.717) is 37.2 Å². The third kappa shape index (κ3) is 4.43. The van der Waals surface area contributed by atoms with Crippen LogP contribution in [0.15, 0.2) is 58.9 Å². The van der Waals surface area contributed by atoms with Gasteiger partial charge in [0.15, 0.2) is 5.82 Å². The van der Waals surface area contributed by atoms with Crippen molar-refractivity contribution in [3.05, 3.63) is 70.8 Å². The number of aromatic amines is 1. The van der Waals surface area contributed by atoms with Crippen molar-refractivity contribution < 1.29 is 0 Å². The van der Waals surface area contributed by atoms with E-state index in [1.807, 2.05) is 35.3 Å². The van der Waals surface area contributed by atoms with Crippen LogP contribution in [-0.2, 0) is 24.9 Å². The van der Waals surface area contributed by atoms with E-state index < -0.39 is 5.41 Å². The van der Waals surface area contributed by atoms with Crippen LogP contribution in [0.2, 0.25) is 0 Å². The number of aromatic nitrogens is 9. The molecule has 3 aromatic heterocycles. The molecule has 11 nitrogen and oxygen atoms in total. The summed E-state index contributed by atoms with van der Waals surface area (Å²) in [5.74, 6) is 1.51. The van der Waals surface area contributed by atoms with Gasteiger partial charge in [-0.3, -0.25) is 9.56 Å². The monoisotopic (exact) mass is 486 g/mol. The molecule has 0 saturated heterocycles. The Hall–Kier alpha value is -4.15. The first-order valence-electron chi connectivity index (χ1n) is 12.2. The number of nitrogens with one attached hydrogen (secondary N) is 1. The predicted octanol–water partition coefficient (Wildman–Crippen LogP) is 2.95. The maximum atomic E-state index is 13.9. The van der Waals surface area contributed by atoms with Gasteiger partial charge in [0.2, 0.25) is 5.95 Å². The number of tetrazole rings is 1. The molecule has 1 atom stereocenters. The molecule has 0 aliphatic carbocycles. The molecule has 0 fully saturated rings. The molecule has 1 aliphatic heterocycles. The fourth-order valence-electron chi connectivity index (χ4n) is 4.71. The van der Waals surface area contributed by atoms with E-state index in [1.54, 1.807) is 9.25 Å². The van der Waals surface area contributed by atoms with E-state index in [9.17, 15) is 4.79 Å². The number of aryl methyl sites for hydroxylation is 1. The van der Waals surface area contributed by atoms with E-state index >= 15 is 0 Å². The van der Waals surface area contributed by atoms with E-state index in [0.717, 1.165) is 29.7 Å². The van der Waals surface area contributed by atoms with Crippen LogP contribution in [0.5, 0.6) is 0 Å². The van der Waals surface area contributed by atoms with Gasteiger partial charge < -0.3 is 0 Å². The fourth-order valence-corrected chi connectivity index (χ4v) is 4.71. The average Bonchev–Trinajstić information content (AvgIpc) is 3.63. The molecule has 36 heavy (non-hydrogen) atoms. The van der Waals surface area contributed by atoms with Crippen molar-refractivity contribution in [1.29, 1.82) is 0 Å². The lowest BCUT2D eigenvalue weighted by Gasteiger charge is -2.32. The topological polar surface area (TPSA) is 124 Å². The Bertz CT molecular complexity index is 1440. The molecule has 11 heteroatoms. The first-order chi connectivity index (χ1) is 17.5. The summed E-state index contributed by atoms with van der Waals surface area (Å²) in [6.07, 6.45) is 11.6. The SMILES string of the molecule is CCCc1cn(-c2ncnn2CC(C)C)c(=O)n1CC1(c2cccc(-c3nnn[nH]3)c2)C=CN=CC1. The second-order valence-corrected chi connectivity index (χ2v) is 9.58. The van der Waals surface area contributed by atoms with Gasteiger partial charge in [0, 0.05) is 48.4 Å². The summed E-state index contributed by atoms with van der Waals surface area (Å²) in [5, 5.41) is 18.7. The lowest BCUT2D eigenvalue weighted by molar-refractivity contribution is 0.437. The number of hydrogen-bond donors (Lipinski definition) is 1. The summed E-state index contributed by atoms with van der Waals surface area (Å²) in [7, 11) is 0. The quantitative estimate of drug-likeness (QED) is 0.388. The van der Waals surface area contributed by atoms with E-state index in [1.165, 1.54) is 6.33 Å². The van der Waals surface area contributed by atoms with Gasteiger partial charge in [0.25, 0.3) is 0 Å². The van der Waals surface area contributed by atoms with Crippen molar-refractivity contribution >= 4 is 6.21 Å². The average molecular weight is 487 g/mol. The number of rotatable bonds is 9. The second-order valence-electron chi connectivity index (χ2n) is 9.58. The minimum absolute atomic E-state index is 0.123. The summed E-state index contributed by atoms with van der Waals surface area (Å²) < 4.78 is 5.30. The van der Waals surface area contributed by atoms with Crippen molar-refractivity contribution in [2.45, 2.75) is 58.5 Å². The Balaban J connectivity index is 1.59. The zero-order valence-electron chi connectivity index (χ0n) is 20.7. The van der Waals surface area contributed by atoms with Crippen molar-refractivity contribution in [3.63, 3.8) is 0 Å². The van der Waals surface area contributed by atoms with Crippen molar-refractivity contribution in [1.82, 2.24) is 44.5 Å². The summed E-state index contributed by atoms with van der Waals surface area (Å²) in [6.45, 7) is 7.50. The van der Waals surface area contributed by atoms with Crippen LogP contribution in [0.1, 0.15) is 44.9 Å². The molecule has 1 aromatic carbocycles. The lowest BCUT2D eigenvalue weighted by atomic mass is 9.76. The van der Waals surface area contributed by atoms with Crippen molar-refractivity contribution in [2.24, 2.45) is 10.9 Å². The first kappa shape index (κ1) is 23.6. The van der Waals surface area contributed by atoms with Gasteiger partial charge in [-0.2, -0.15) is 10.1 Å². The highest BCUT2D eigenvalue weighted by molar-refractivity contribution is 5.65. The summed E-state index contributed by atoms with van der Waals surface area (Å²) in [6, 6.07) is 8.11. The van der Waals surface area contributed by atoms with Crippen LogP contribution in [0, 0.1) is 5.92 Å². The van der Waals surface area contributed by atoms with Crippen LogP contribution in [0.25, 0.3) is 17.3 Å². The summed E-state index contributed by atoms with van der Waals surface area (Å²) in [4.78, 5) is 22.6. The number of nitrogens with zero attached hydrogens (tertiary/aromatic N) is 9. The predicted molar refractivity (Wildman–Crippen MR) is 136 cm³/mol. The number of aliphatic imine (C=N–C) groups is 1. The van der Waals surface area contributed by atoms with Crippen LogP contribution >= 0.6 is 0 Å². The largest absolute Gasteiger partial charge is 0.335 e. The van der Waals surface area contributed by atoms with Gasteiger partial charge in [0.05, 0.1) is 0 Å². The molecule has 0 bridgehead atoms. The molecule has 0 spiro atoms.